The van der Waals surface area contributed by atoms with Crippen molar-refractivity contribution in [3.05, 3.63) is 27.0 Å². The van der Waals surface area contributed by atoms with Crippen molar-refractivity contribution < 1.29 is 13.2 Å². The van der Waals surface area contributed by atoms with Gasteiger partial charge in [0.1, 0.15) is 5.15 Å². The maximum absolute atomic E-state index is 12.9. The van der Waals surface area contributed by atoms with Gasteiger partial charge in [-0.25, -0.2) is 4.98 Å². The Labute approximate surface area is 159 Å². The zero-order valence-corrected chi connectivity index (χ0v) is 15.6. The molecule has 23 heavy (non-hydrogen) atoms. The van der Waals surface area contributed by atoms with E-state index in [4.69, 9.17) is 34.8 Å². The van der Waals surface area contributed by atoms with Crippen molar-refractivity contribution in [2.45, 2.75) is 18.6 Å². The van der Waals surface area contributed by atoms with Crippen molar-refractivity contribution in [3.8, 4) is 0 Å². The first-order valence-corrected chi connectivity index (χ1v) is 7.44. The molecule has 1 aliphatic rings. The van der Waals surface area contributed by atoms with Crippen LogP contribution in [0.1, 0.15) is 18.0 Å². The van der Waals surface area contributed by atoms with Crippen molar-refractivity contribution in [2.75, 3.05) is 26.2 Å². The largest absolute Gasteiger partial charge is 0.390 e. The van der Waals surface area contributed by atoms with Crippen molar-refractivity contribution in [1.82, 2.24) is 15.2 Å². The Morgan fingerprint density at radius 2 is 1.74 bits per heavy atom. The van der Waals surface area contributed by atoms with E-state index in [0.717, 1.165) is 0 Å². The number of nitrogens with one attached hydrogen (secondary N) is 1. The molecule has 2 heterocycles. The Bertz CT molecular complexity index is 509. The molecule has 1 aromatic heterocycles. The van der Waals surface area contributed by atoms with Gasteiger partial charge in [-0.05, 0) is 0 Å². The molecule has 1 atom stereocenters. The van der Waals surface area contributed by atoms with Gasteiger partial charge in [0.05, 0.1) is 16.5 Å². The highest BCUT2D eigenvalue weighted by Crippen LogP contribution is 2.41. The van der Waals surface area contributed by atoms with Crippen LogP contribution in [0.3, 0.4) is 0 Å². The molecule has 1 aromatic rings. The number of pyridine rings is 1. The van der Waals surface area contributed by atoms with E-state index in [9.17, 15) is 13.2 Å². The number of piperazine rings is 1. The van der Waals surface area contributed by atoms with E-state index < -0.39 is 18.6 Å². The number of hydrogen-bond donors (Lipinski definition) is 1. The normalized spacial score (nSPS) is 17.1. The summed E-state index contributed by atoms with van der Waals surface area (Å²) in [5.41, 5.74) is 0.192. The van der Waals surface area contributed by atoms with E-state index in [1.807, 2.05) is 0 Å². The topological polar surface area (TPSA) is 28.2 Å². The van der Waals surface area contributed by atoms with Gasteiger partial charge in [0.25, 0.3) is 0 Å². The van der Waals surface area contributed by atoms with E-state index in [-0.39, 0.29) is 45.6 Å². The predicted octanol–water partition coefficient (Wildman–Crippen LogP) is 4.78. The Kier molecular flexibility index (Phi) is 9.84. The monoisotopic (exact) mass is 433 g/mol. The van der Waals surface area contributed by atoms with Gasteiger partial charge in [0.2, 0.25) is 0 Å². The molecular formula is C12H15Cl5F3N3. The smallest absolute Gasteiger partial charge is 0.314 e. The van der Waals surface area contributed by atoms with E-state index in [1.54, 1.807) is 4.90 Å². The van der Waals surface area contributed by atoms with Crippen molar-refractivity contribution in [2.24, 2.45) is 0 Å². The van der Waals surface area contributed by atoms with Gasteiger partial charge in [0, 0.05) is 44.0 Å². The number of halogens is 8. The van der Waals surface area contributed by atoms with Gasteiger partial charge in [0.15, 0.2) is 0 Å². The second-order valence-corrected chi connectivity index (χ2v) is 5.89. The molecule has 1 fully saturated rings. The summed E-state index contributed by atoms with van der Waals surface area (Å²) >= 11 is 17.9. The average Bonchev–Trinajstić information content (AvgIpc) is 2.42. The molecule has 2 rings (SSSR count). The third-order valence-corrected chi connectivity index (χ3v) is 4.38. The van der Waals surface area contributed by atoms with Crippen LogP contribution in [0, 0.1) is 0 Å². The fourth-order valence-corrected chi connectivity index (χ4v) is 3.13. The van der Waals surface area contributed by atoms with Crippen LogP contribution in [0.4, 0.5) is 13.2 Å². The third-order valence-electron chi connectivity index (χ3n) is 3.32. The molecule has 1 N–H and O–H groups in total. The quantitative estimate of drug-likeness (QED) is 0.693. The molecule has 1 saturated heterocycles. The fraction of sp³-hybridized carbons (Fsp3) is 0.583. The maximum atomic E-state index is 12.9. The summed E-state index contributed by atoms with van der Waals surface area (Å²) in [6, 6.07) is -0.965. The lowest BCUT2D eigenvalue weighted by molar-refractivity contribution is -0.148. The van der Waals surface area contributed by atoms with Crippen molar-refractivity contribution in [3.63, 3.8) is 0 Å². The van der Waals surface area contributed by atoms with Gasteiger partial charge in [-0.1, -0.05) is 34.8 Å². The summed E-state index contributed by atoms with van der Waals surface area (Å²) < 4.78 is 38.8. The molecule has 11 heteroatoms. The van der Waals surface area contributed by atoms with Gasteiger partial charge in [-0.3, -0.25) is 4.90 Å². The van der Waals surface area contributed by atoms with Crippen LogP contribution in [0.15, 0.2) is 6.20 Å². The molecule has 0 bridgehead atoms. The van der Waals surface area contributed by atoms with E-state index in [0.29, 0.717) is 26.2 Å². The number of alkyl halides is 3. The zero-order valence-electron chi connectivity index (χ0n) is 11.7. The van der Waals surface area contributed by atoms with Crippen molar-refractivity contribution >= 4 is 59.6 Å². The molecule has 0 amide bonds. The second-order valence-electron chi connectivity index (χ2n) is 4.75. The average molecular weight is 436 g/mol. The van der Waals surface area contributed by atoms with Crippen LogP contribution in [0.25, 0.3) is 0 Å². The summed E-state index contributed by atoms with van der Waals surface area (Å²) in [6.45, 7) is 2.19. The number of nitrogens with zero attached hydrogens (tertiary/aromatic N) is 2. The first-order valence-electron chi connectivity index (χ1n) is 6.30. The lowest BCUT2D eigenvalue weighted by Gasteiger charge is -2.36. The minimum Gasteiger partial charge on any atom is -0.314 e. The van der Waals surface area contributed by atoms with Gasteiger partial charge < -0.3 is 5.32 Å². The molecule has 1 aliphatic heterocycles. The third kappa shape index (κ3) is 6.27. The second kappa shape index (κ2) is 9.70. The fourth-order valence-electron chi connectivity index (χ4n) is 2.39. The van der Waals surface area contributed by atoms with Crippen LogP contribution in [-0.2, 0) is 0 Å². The highest BCUT2D eigenvalue weighted by molar-refractivity contribution is 6.43. The summed E-state index contributed by atoms with van der Waals surface area (Å²) in [5.74, 6) is 0. The van der Waals surface area contributed by atoms with E-state index in [2.05, 4.69) is 10.3 Å². The molecule has 0 spiro atoms. The van der Waals surface area contributed by atoms with Gasteiger partial charge in [-0.2, -0.15) is 13.2 Å². The van der Waals surface area contributed by atoms with Gasteiger partial charge in [-0.15, -0.1) is 24.8 Å². The molecule has 0 aliphatic carbocycles. The molecular weight excluding hydrogens is 420 g/mol. The maximum Gasteiger partial charge on any atom is 0.390 e. The van der Waals surface area contributed by atoms with Crippen LogP contribution in [-0.4, -0.2) is 42.2 Å². The summed E-state index contributed by atoms with van der Waals surface area (Å²) in [4.78, 5) is 5.47. The summed E-state index contributed by atoms with van der Waals surface area (Å²) in [5, 5.41) is 3.13. The van der Waals surface area contributed by atoms with Crippen LogP contribution in [0.5, 0.6) is 0 Å². The van der Waals surface area contributed by atoms with Crippen LogP contribution in [0.2, 0.25) is 15.2 Å². The Hall–Kier alpha value is 0.310. The Morgan fingerprint density at radius 3 is 2.26 bits per heavy atom. The minimum atomic E-state index is -4.34. The molecule has 3 nitrogen and oxygen atoms in total. The number of aromatic nitrogens is 1. The lowest BCUT2D eigenvalue weighted by atomic mass is 10.0. The van der Waals surface area contributed by atoms with E-state index >= 15 is 0 Å². The molecule has 134 valence electrons. The highest BCUT2D eigenvalue weighted by atomic mass is 35.5. The zero-order chi connectivity index (χ0) is 15.6. The Morgan fingerprint density at radius 1 is 1.17 bits per heavy atom. The first-order chi connectivity index (χ1) is 9.79. The minimum absolute atomic E-state index is 0. The highest BCUT2D eigenvalue weighted by Gasteiger charge is 2.38. The first kappa shape index (κ1) is 23.3. The summed E-state index contributed by atoms with van der Waals surface area (Å²) in [7, 11) is 0. The Balaban J connectivity index is 0.00000242. The summed E-state index contributed by atoms with van der Waals surface area (Å²) in [6.07, 6.45) is -4.14. The molecule has 0 saturated carbocycles. The standard InChI is InChI=1S/C12H13Cl3F3N3.2ClH/c13-7-6-20-11(15)10(14)9(7)8(5-12(16,17)18)21-3-1-19-2-4-21;;/h6,8,19H,1-5H2;2*1H/t8-;;/m1../s1. The number of hydrogen-bond acceptors (Lipinski definition) is 3. The SMILES string of the molecule is Cl.Cl.FC(F)(F)C[C@H](c1c(Cl)cnc(Cl)c1Cl)N1CCNCC1. The predicted molar refractivity (Wildman–Crippen MR) is 91.6 cm³/mol. The van der Waals surface area contributed by atoms with Gasteiger partial charge >= 0.3 is 6.18 Å². The molecule has 0 aromatic carbocycles. The van der Waals surface area contributed by atoms with Crippen LogP contribution < -0.4 is 5.32 Å². The molecule has 0 radical (unpaired) electrons. The lowest BCUT2D eigenvalue weighted by Crippen LogP contribution is -2.46. The number of rotatable bonds is 3. The molecule has 0 unspecified atom stereocenters. The van der Waals surface area contributed by atoms with Crippen LogP contribution >= 0.6 is 59.6 Å². The van der Waals surface area contributed by atoms with Crippen molar-refractivity contribution in [1.29, 1.82) is 0 Å². The van der Waals surface area contributed by atoms with E-state index in [1.165, 1.54) is 6.20 Å².